The van der Waals surface area contributed by atoms with Crippen LogP contribution in [0.2, 0.25) is 0 Å². The highest BCUT2D eigenvalue weighted by molar-refractivity contribution is 9.10. The van der Waals surface area contributed by atoms with Gasteiger partial charge in [0.2, 0.25) is 5.91 Å². The zero-order chi connectivity index (χ0) is 28.6. The van der Waals surface area contributed by atoms with Gasteiger partial charge in [-0.05, 0) is 75.2 Å². The standard InChI is InChI=1S/C27H28BrN5O4.CH2O2/c28-19-6-7-25(33(36)37)22(17-19)27(35)32-15-10-20(11-16-32)31-13-8-18(9-14-31)26(34)30-24-5-1-4-23-21(24)3-2-12-29-23;2-1-3/h1-7,12,17-18,20H,8-11,13-16H2,(H,30,34);1H,(H,2,3). The van der Waals surface area contributed by atoms with Gasteiger partial charge in [-0.1, -0.05) is 22.0 Å². The van der Waals surface area contributed by atoms with Gasteiger partial charge >= 0.3 is 0 Å². The van der Waals surface area contributed by atoms with Crippen LogP contribution in [0.3, 0.4) is 0 Å². The van der Waals surface area contributed by atoms with Crippen molar-refractivity contribution in [1.82, 2.24) is 14.8 Å². The van der Waals surface area contributed by atoms with Crippen LogP contribution in [0.5, 0.6) is 0 Å². The second-order valence-corrected chi connectivity index (χ2v) is 10.6. The van der Waals surface area contributed by atoms with Gasteiger partial charge in [-0.25, -0.2) is 0 Å². The lowest BCUT2D eigenvalue weighted by Crippen LogP contribution is -2.49. The minimum atomic E-state index is -0.510. The molecular weight excluding hydrogens is 582 g/mol. The van der Waals surface area contributed by atoms with E-state index in [-0.39, 0.29) is 35.5 Å². The maximum atomic E-state index is 13.0. The second kappa shape index (κ2) is 13.4. The van der Waals surface area contributed by atoms with E-state index in [2.05, 4.69) is 31.1 Å². The predicted molar refractivity (Wildman–Crippen MR) is 153 cm³/mol. The quantitative estimate of drug-likeness (QED) is 0.242. The number of aromatic nitrogens is 1. The summed E-state index contributed by atoms with van der Waals surface area (Å²) < 4.78 is 0.639. The van der Waals surface area contributed by atoms with Crippen LogP contribution < -0.4 is 5.32 Å². The Kier molecular flexibility index (Phi) is 9.78. The second-order valence-electron chi connectivity index (χ2n) is 9.72. The summed E-state index contributed by atoms with van der Waals surface area (Å²) in [6.07, 6.45) is 4.95. The molecule has 2 amide bonds. The molecule has 2 aliphatic heterocycles. The molecule has 12 heteroatoms. The Labute approximate surface area is 239 Å². The van der Waals surface area contributed by atoms with Gasteiger partial charge in [0.25, 0.3) is 18.1 Å². The van der Waals surface area contributed by atoms with Crippen LogP contribution in [-0.2, 0) is 9.59 Å². The Morgan fingerprint density at radius 3 is 2.42 bits per heavy atom. The smallest absolute Gasteiger partial charge is 0.290 e. The summed E-state index contributed by atoms with van der Waals surface area (Å²) in [4.78, 5) is 53.8. The van der Waals surface area contributed by atoms with Crippen molar-refractivity contribution in [1.29, 1.82) is 0 Å². The number of rotatable bonds is 5. The number of carbonyl (C=O) groups excluding carboxylic acids is 2. The van der Waals surface area contributed by atoms with Gasteiger partial charge in [0.1, 0.15) is 5.56 Å². The number of hydrogen-bond donors (Lipinski definition) is 2. The van der Waals surface area contributed by atoms with Crippen LogP contribution in [0.25, 0.3) is 10.9 Å². The number of hydrogen-bond acceptors (Lipinski definition) is 7. The van der Waals surface area contributed by atoms with E-state index in [0.29, 0.717) is 23.6 Å². The molecule has 2 saturated heterocycles. The molecule has 3 heterocycles. The number of piperidine rings is 2. The molecule has 210 valence electrons. The summed E-state index contributed by atoms with van der Waals surface area (Å²) in [6, 6.07) is 14.4. The molecule has 40 heavy (non-hydrogen) atoms. The summed E-state index contributed by atoms with van der Waals surface area (Å²) in [5.74, 6) is -0.292. The topological polar surface area (TPSA) is 146 Å². The SMILES string of the molecule is O=C(Nc1cccc2ncccc12)C1CCN(C2CCN(C(=O)c3cc(Br)ccc3[N+](=O)[O-])CC2)CC1.O=CO. The van der Waals surface area contributed by atoms with Gasteiger partial charge in [-0.2, -0.15) is 0 Å². The lowest BCUT2D eigenvalue weighted by Gasteiger charge is -2.41. The lowest BCUT2D eigenvalue weighted by molar-refractivity contribution is -0.385. The molecule has 0 radical (unpaired) electrons. The van der Waals surface area contributed by atoms with E-state index >= 15 is 0 Å². The maximum Gasteiger partial charge on any atom is 0.290 e. The molecule has 0 aliphatic carbocycles. The van der Waals surface area contributed by atoms with Crippen LogP contribution in [0.1, 0.15) is 36.0 Å². The zero-order valence-electron chi connectivity index (χ0n) is 21.7. The number of likely N-dealkylation sites (tertiary alicyclic amines) is 2. The molecule has 2 N–H and O–H groups in total. The molecule has 2 aliphatic rings. The van der Waals surface area contributed by atoms with Crippen LogP contribution in [-0.4, -0.2) is 75.3 Å². The first-order chi connectivity index (χ1) is 19.3. The minimum Gasteiger partial charge on any atom is -0.483 e. The van der Waals surface area contributed by atoms with E-state index in [1.165, 1.54) is 12.1 Å². The molecule has 3 aromatic rings. The largest absolute Gasteiger partial charge is 0.483 e. The number of pyridine rings is 1. The average molecular weight is 612 g/mol. The number of amides is 2. The van der Waals surface area contributed by atoms with Gasteiger partial charge in [-0.3, -0.25) is 29.5 Å². The van der Waals surface area contributed by atoms with Crippen LogP contribution in [0.4, 0.5) is 11.4 Å². The molecular formula is C28H30BrN5O6. The molecule has 0 unspecified atom stereocenters. The number of carbonyl (C=O) groups is 3. The third kappa shape index (κ3) is 6.80. The predicted octanol–water partition coefficient (Wildman–Crippen LogP) is 4.56. The van der Waals surface area contributed by atoms with Crippen molar-refractivity contribution in [3.05, 3.63) is 74.9 Å². The Morgan fingerprint density at radius 1 is 1.05 bits per heavy atom. The third-order valence-corrected chi connectivity index (χ3v) is 7.95. The van der Waals surface area contributed by atoms with Crippen molar-refractivity contribution in [3.8, 4) is 0 Å². The number of benzene rings is 2. The van der Waals surface area contributed by atoms with Gasteiger partial charge in [0.05, 0.1) is 16.1 Å². The molecule has 2 fully saturated rings. The van der Waals surface area contributed by atoms with Gasteiger partial charge < -0.3 is 20.2 Å². The van der Waals surface area contributed by atoms with Crippen molar-refractivity contribution in [3.63, 3.8) is 0 Å². The lowest BCUT2D eigenvalue weighted by atomic mass is 9.92. The summed E-state index contributed by atoms with van der Waals surface area (Å²) in [5, 5.41) is 22.3. The number of carboxylic acid groups (broad SMARTS) is 1. The number of nitro benzene ring substituents is 1. The maximum absolute atomic E-state index is 13.0. The van der Waals surface area contributed by atoms with Crippen LogP contribution in [0, 0.1) is 16.0 Å². The first-order valence-corrected chi connectivity index (χ1v) is 13.8. The van der Waals surface area contributed by atoms with E-state index < -0.39 is 4.92 Å². The van der Waals surface area contributed by atoms with E-state index in [9.17, 15) is 19.7 Å². The first-order valence-electron chi connectivity index (χ1n) is 13.0. The summed E-state index contributed by atoms with van der Waals surface area (Å²) in [7, 11) is 0. The van der Waals surface area contributed by atoms with Crippen molar-refractivity contribution in [2.75, 3.05) is 31.5 Å². The molecule has 0 atom stereocenters. The van der Waals surface area contributed by atoms with E-state index in [1.54, 1.807) is 17.2 Å². The Bertz CT molecular complexity index is 1380. The molecule has 1 aromatic heterocycles. The van der Waals surface area contributed by atoms with Crippen molar-refractivity contribution in [2.24, 2.45) is 5.92 Å². The highest BCUT2D eigenvalue weighted by Gasteiger charge is 2.33. The third-order valence-electron chi connectivity index (χ3n) is 7.46. The van der Waals surface area contributed by atoms with Crippen molar-refractivity contribution >= 4 is 56.5 Å². The minimum absolute atomic E-state index is 0.0399. The monoisotopic (exact) mass is 611 g/mol. The van der Waals surface area contributed by atoms with Gasteiger partial charge in [-0.15, -0.1) is 0 Å². The van der Waals surface area contributed by atoms with Gasteiger partial charge in [0.15, 0.2) is 0 Å². The Hall–Kier alpha value is -3.90. The van der Waals surface area contributed by atoms with E-state index in [4.69, 9.17) is 9.90 Å². The fourth-order valence-corrected chi connectivity index (χ4v) is 5.78. The summed E-state index contributed by atoms with van der Waals surface area (Å²) >= 11 is 3.31. The van der Waals surface area contributed by atoms with Crippen LogP contribution in [0.15, 0.2) is 59.2 Å². The fourth-order valence-electron chi connectivity index (χ4n) is 5.42. The number of nitrogens with zero attached hydrogens (tertiary/aromatic N) is 4. The number of halogens is 1. The zero-order valence-corrected chi connectivity index (χ0v) is 23.3. The number of anilines is 1. The Balaban J connectivity index is 0.00000118. The summed E-state index contributed by atoms with van der Waals surface area (Å²) in [5.41, 5.74) is 1.59. The normalized spacial score (nSPS) is 16.6. The highest BCUT2D eigenvalue weighted by atomic mass is 79.9. The number of nitrogens with one attached hydrogen (secondary N) is 1. The molecule has 5 rings (SSSR count). The average Bonchev–Trinajstić information content (AvgIpc) is 2.97. The molecule has 0 bridgehead atoms. The van der Waals surface area contributed by atoms with Gasteiger partial charge in [0, 0.05) is 47.2 Å². The van der Waals surface area contributed by atoms with E-state index in [0.717, 1.165) is 55.4 Å². The van der Waals surface area contributed by atoms with E-state index in [1.807, 2.05) is 30.3 Å². The molecule has 0 spiro atoms. The highest BCUT2D eigenvalue weighted by Crippen LogP contribution is 2.29. The summed E-state index contributed by atoms with van der Waals surface area (Å²) in [6.45, 7) is 2.54. The molecule has 11 nitrogen and oxygen atoms in total. The molecule has 2 aromatic carbocycles. The fraction of sp³-hybridized carbons (Fsp3) is 0.357. The number of nitro groups is 1. The van der Waals surface area contributed by atoms with Crippen molar-refractivity contribution in [2.45, 2.75) is 31.7 Å². The molecule has 0 saturated carbocycles. The number of fused-ring (bicyclic) bond motifs is 1. The van der Waals surface area contributed by atoms with Crippen molar-refractivity contribution < 1.29 is 24.4 Å². The Morgan fingerprint density at radius 2 is 1.75 bits per heavy atom. The first kappa shape index (κ1) is 29.1. The van der Waals surface area contributed by atoms with Crippen LogP contribution >= 0.6 is 15.9 Å².